The van der Waals surface area contributed by atoms with Gasteiger partial charge in [-0.05, 0) is 37.8 Å². The monoisotopic (exact) mass is 234 g/mol. The van der Waals surface area contributed by atoms with E-state index >= 15 is 0 Å². The Labute approximate surface area is 103 Å². The normalized spacial score (nSPS) is 14.1. The molecule has 1 rings (SSSR count). The minimum absolute atomic E-state index is 0.0615. The second-order valence-electron chi connectivity index (χ2n) is 4.55. The molecule has 1 aromatic rings. The summed E-state index contributed by atoms with van der Waals surface area (Å²) in [5, 5.41) is 2.94. The van der Waals surface area contributed by atoms with E-state index in [9.17, 15) is 4.79 Å². The third kappa shape index (κ3) is 4.19. The lowest BCUT2D eigenvalue weighted by molar-refractivity contribution is -0.123. The fraction of sp³-hybridized carbons (Fsp3) is 0.500. The fourth-order valence-electron chi connectivity index (χ4n) is 1.76. The third-order valence-corrected chi connectivity index (χ3v) is 2.95. The van der Waals surface area contributed by atoms with E-state index in [1.54, 1.807) is 0 Å². The summed E-state index contributed by atoms with van der Waals surface area (Å²) in [5.74, 6) is -0.0615. The van der Waals surface area contributed by atoms with E-state index in [1.165, 1.54) is 11.1 Å². The maximum absolute atomic E-state index is 11.6. The second-order valence-corrected chi connectivity index (χ2v) is 4.55. The third-order valence-electron chi connectivity index (χ3n) is 2.95. The molecular weight excluding hydrogens is 212 g/mol. The lowest BCUT2D eigenvalue weighted by atomic mass is 10.0. The smallest absolute Gasteiger partial charge is 0.237 e. The van der Waals surface area contributed by atoms with Gasteiger partial charge in [-0.3, -0.25) is 4.79 Å². The van der Waals surface area contributed by atoms with Crippen molar-refractivity contribution < 1.29 is 4.79 Å². The maximum Gasteiger partial charge on any atom is 0.237 e. The van der Waals surface area contributed by atoms with Gasteiger partial charge in [-0.15, -0.1) is 0 Å². The Kier molecular flexibility index (Phi) is 5.16. The van der Waals surface area contributed by atoms with Crippen LogP contribution >= 0.6 is 0 Å². The van der Waals surface area contributed by atoms with Crippen molar-refractivity contribution in [3.05, 3.63) is 35.4 Å². The number of hydrogen-bond donors (Lipinski definition) is 2. The minimum atomic E-state index is -0.394. The molecule has 0 aliphatic rings. The van der Waals surface area contributed by atoms with Crippen LogP contribution < -0.4 is 11.1 Å². The van der Waals surface area contributed by atoms with Gasteiger partial charge in [0.2, 0.25) is 5.91 Å². The standard InChI is InChI=1S/C14H22N2O/c1-4-13(15)14(17)16-11(3)9-12-8-6-5-7-10(12)2/h5-8,11,13H,4,9,15H2,1-3H3,(H,16,17). The van der Waals surface area contributed by atoms with E-state index in [0.29, 0.717) is 6.42 Å². The van der Waals surface area contributed by atoms with Crippen LogP contribution in [0.2, 0.25) is 0 Å². The number of carbonyl (C=O) groups is 1. The van der Waals surface area contributed by atoms with Crippen molar-refractivity contribution in [1.29, 1.82) is 0 Å². The van der Waals surface area contributed by atoms with Crippen molar-refractivity contribution in [3.8, 4) is 0 Å². The number of nitrogens with two attached hydrogens (primary N) is 1. The highest BCUT2D eigenvalue weighted by Crippen LogP contribution is 2.09. The first-order chi connectivity index (χ1) is 8.04. The van der Waals surface area contributed by atoms with Crippen LogP contribution in [0.3, 0.4) is 0 Å². The Hall–Kier alpha value is -1.35. The first-order valence-corrected chi connectivity index (χ1v) is 6.15. The zero-order valence-electron chi connectivity index (χ0n) is 10.9. The van der Waals surface area contributed by atoms with Crippen molar-refractivity contribution in [2.24, 2.45) is 5.73 Å². The molecule has 2 atom stereocenters. The second kappa shape index (κ2) is 6.40. The van der Waals surface area contributed by atoms with Crippen LogP contribution in [-0.4, -0.2) is 18.0 Å². The van der Waals surface area contributed by atoms with E-state index in [4.69, 9.17) is 5.73 Å². The Morgan fingerprint density at radius 1 is 1.41 bits per heavy atom. The number of rotatable bonds is 5. The maximum atomic E-state index is 11.6. The van der Waals surface area contributed by atoms with Crippen molar-refractivity contribution >= 4 is 5.91 Å². The highest BCUT2D eigenvalue weighted by atomic mass is 16.2. The lowest BCUT2D eigenvalue weighted by Gasteiger charge is -2.17. The molecule has 17 heavy (non-hydrogen) atoms. The molecule has 0 saturated carbocycles. The Morgan fingerprint density at radius 2 is 2.06 bits per heavy atom. The molecule has 0 aliphatic heterocycles. The molecule has 0 fully saturated rings. The zero-order chi connectivity index (χ0) is 12.8. The van der Waals surface area contributed by atoms with Crippen molar-refractivity contribution in [3.63, 3.8) is 0 Å². The van der Waals surface area contributed by atoms with Gasteiger partial charge in [0.25, 0.3) is 0 Å². The Morgan fingerprint density at radius 3 is 2.65 bits per heavy atom. The largest absolute Gasteiger partial charge is 0.352 e. The molecule has 0 heterocycles. The zero-order valence-corrected chi connectivity index (χ0v) is 10.9. The van der Waals surface area contributed by atoms with Crippen LogP contribution in [0.25, 0.3) is 0 Å². The number of hydrogen-bond acceptors (Lipinski definition) is 2. The van der Waals surface area contributed by atoms with Gasteiger partial charge < -0.3 is 11.1 Å². The Balaban J connectivity index is 2.53. The van der Waals surface area contributed by atoms with Gasteiger partial charge in [-0.1, -0.05) is 31.2 Å². The van der Waals surface area contributed by atoms with E-state index < -0.39 is 6.04 Å². The summed E-state index contributed by atoms with van der Waals surface area (Å²) in [4.78, 5) is 11.6. The molecule has 3 N–H and O–H groups in total. The summed E-state index contributed by atoms with van der Waals surface area (Å²) in [7, 11) is 0. The quantitative estimate of drug-likeness (QED) is 0.816. The van der Waals surface area contributed by atoms with Crippen molar-refractivity contribution in [2.75, 3.05) is 0 Å². The van der Waals surface area contributed by atoms with E-state index in [1.807, 2.05) is 26.0 Å². The summed E-state index contributed by atoms with van der Waals surface area (Å²) in [6.07, 6.45) is 1.51. The molecule has 1 aromatic carbocycles. The van der Waals surface area contributed by atoms with Crippen LogP contribution in [0.4, 0.5) is 0 Å². The molecule has 2 unspecified atom stereocenters. The molecule has 3 nitrogen and oxygen atoms in total. The van der Waals surface area contributed by atoms with Crippen molar-refractivity contribution in [2.45, 2.75) is 45.7 Å². The van der Waals surface area contributed by atoms with Gasteiger partial charge >= 0.3 is 0 Å². The van der Waals surface area contributed by atoms with Gasteiger partial charge in [0.05, 0.1) is 6.04 Å². The highest BCUT2D eigenvalue weighted by Gasteiger charge is 2.14. The lowest BCUT2D eigenvalue weighted by Crippen LogP contribution is -2.44. The first kappa shape index (κ1) is 13.7. The van der Waals surface area contributed by atoms with Gasteiger partial charge in [0.1, 0.15) is 0 Å². The topological polar surface area (TPSA) is 55.1 Å². The average molecular weight is 234 g/mol. The summed E-state index contributed by atoms with van der Waals surface area (Å²) in [5.41, 5.74) is 8.20. The summed E-state index contributed by atoms with van der Waals surface area (Å²) in [6, 6.07) is 7.94. The van der Waals surface area contributed by atoms with E-state index in [-0.39, 0.29) is 11.9 Å². The molecule has 0 bridgehead atoms. The number of carbonyl (C=O) groups excluding carboxylic acids is 1. The van der Waals surface area contributed by atoms with E-state index in [2.05, 4.69) is 24.4 Å². The fourth-order valence-corrected chi connectivity index (χ4v) is 1.76. The van der Waals surface area contributed by atoms with Gasteiger partial charge in [-0.25, -0.2) is 0 Å². The SMILES string of the molecule is CCC(N)C(=O)NC(C)Cc1ccccc1C. The number of aryl methyl sites for hydroxylation is 1. The molecule has 94 valence electrons. The average Bonchev–Trinajstić information content (AvgIpc) is 2.31. The number of amides is 1. The van der Waals surface area contributed by atoms with Crippen LogP contribution in [0.5, 0.6) is 0 Å². The predicted octanol–water partition coefficient (Wildman–Crippen LogP) is 1.78. The minimum Gasteiger partial charge on any atom is -0.352 e. The van der Waals surface area contributed by atoms with Gasteiger partial charge in [0.15, 0.2) is 0 Å². The summed E-state index contributed by atoms with van der Waals surface area (Å²) >= 11 is 0. The van der Waals surface area contributed by atoms with Gasteiger partial charge in [-0.2, -0.15) is 0 Å². The number of benzene rings is 1. The number of nitrogens with one attached hydrogen (secondary N) is 1. The molecule has 1 amide bonds. The summed E-state index contributed by atoms with van der Waals surface area (Å²) < 4.78 is 0. The van der Waals surface area contributed by atoms with Crippen LogP contribution in [0.1, 0.15) is 31.4 Å². The van der Waals surface area contributed by atoms with Crippen LogP contribution in [-0.2, 0) is 11.2 Å². The first-order valence-electron chi connectivity index (χ1n) is 6.15. The predicted molar refractivity (Wildman–Crippen MR) is 70.8 cm³/mol. The highest BCUT2D eigenvalue weighted by molar-refractivity contribution is 5.81. The van der Waals surface area contributed by atoms with E-state index in [0.717, 1.165) is 6.42 Å². The molecular formula is C14H22N2O. The Bertz CT molecular complexity index is 376. The van der Waals surface area contributed by atoms with Crippen LogP contribution in [0, 0.1) is 6.92 Å². The van der Waals surface area contributed by atoms with Crippen molar-refractivity contribution in [1.82, 2.24) is 5.32 Å². The summed E-state index contributed by atoms with van der Waals surface area (Å²) in [6.45, 7) is 6.00. The van der Waals surface area contributed by atoms with Crippen LogP contribution in [0.15, 0.2) is 24.3 Å². The molecule has 3 heteroatoms. The van der Waals surface area contributed by atoms with Gasteiger partial charge in [0, 0.05) is 6.04 Å². The molecule has 0 spiro atoms. The molecule has 0 saturated heterocycles. The molecule has 0 aliphatic carbocycles. The molecule has 0 radical (unpaired) electrons. The molecule has 0 aromatic heterocycles.